The molecule has 0 fully saturated rings. The second-order valence-corrected chi connectivity index (χ2v) is 5.98. The van der Waals surface area contributed by atoms with E-state index in [-0.39, 0.29) is 0 Å². The zero-order chi connectivity index (χ0) is 20.6. The average molecular weight is 391 g/mol. The van der Waals surface area contributed by atoms with Crippen molar-refractivity contribution < 1.29 is 18.7 Å². The summed E-state index contributed by atoms with van der Waals surface area (Å²) in [5, 5.41) is 6.62. The van der Waals surface area contributed by atoms with Crippen molar-refractivity contribution in [2.24, 2.45) is 5.10 Å². The number of anilines is 1. The molecule has 0 saturated carbocycles. The Balaban J connectivity index is 1.65. The molecule has 29 heavy (non-hydrogen) atoms. The number of rotatable bonds is 6. The molecule has 0 bridgehead atoms. The number of methoxy groups -OCH3 is 1. The van der Waals surface area contributed by atoms with E-state index in [1.54, 1.807) is 37.4 Å². The van der Waals surface area contributed by atoms with Crippen LogP contribution in [0, 0.1) is 5.82 Å². The lowest BCUT2D eigenvalue weighted by molar-refractivity contribution is 0.0953. The molecule has 3 aromatic carbocycles. The van der Waals surface area contributed by atoms with E-state index in [4.69, 9.17) is 4.74 Å². The van der Waals surface area contributed by atoms with Crippen molar-refractivity contribution in [3.63, 3.8) is 0 Å². The summed E-state index contributed by atoms with van der Waals surface area (Å²) in [5.74, 6) is -0.629. The highest BCUT2D eigenvalue weighted by atomic mass is 19.1. The molecular weight excluding hydrogens is 373 g/mol. The molecular formula is C22H18FN3O3. The Kier molecular flexibility index (Phi) is 6.32. The van der Waals surface area contributed by atoms with Crippen molar-refractivity contribution >= 4 is 23.7 Å². The van der Waals surface area contributed by atoms with Crippen LogP contribution in [0.3, 0.4) is 0 Å². The van der Waals surface area contributed by atoms with Crippen LogP contribution in [0.25, 0.3) is 0 Å². The quantitative estimate of drug-likeness (QED) is 0.495. The number of nitrogens with one attached hydrogen (secondary N) is 2. The van der Waals surface area contributed by atoms with Gasteiger partial charge in [0.2, 0.25) is 0 Å². The Labute approximate surface area is 167 Å². The van der Waals surface area contributed by atoms with E-state index in [2.05, 4.69) is 15.8 Å². The van der Waals surface area contributed by atoms with Crippen LogP contribution < -0.4 is 15.5 Å². The minimum Gasteiger partial charge on any atom is -0.496 e. The monoisotopic (exact) mass is 391 g/mol. The van der Waals surface area contributed by atoms with Crippen LogP contribution in [0.1, 0.15) is 26.3 Å². The largest absolute Gasteiger partial charge is 0.496 e. The lowest BCUT2D eigenvalue weighted by atomic mass is 10.1. The lowest BCUT2D eigenvalue weighted by Gasteiger charge is -2.07. The Morgan fingerprint density at radius 2 is 1.69 bits per heavy atom. The maximum atomic E-state index is 13.0. The molecule has 0 unspecified atom stereocenters. The first-order chi connectivity index (χ1) is 14.1. The summed E-state index contributed by atoms with van der Waals surface area (Å²) in [7, 11) is 1.55. The van der Waals surface area contributed by atoms with Crippen LogP contribution in [-0.4, -0.2) is 25.1 Å². The Morgan fingerprint density at radius 1 is 0.931 bits per heavy atom. The van der Waals surface area contributed by atoms with Crippen LogP contribution in [0.15, 0.2) is 77.9 Å². The maximum absolute atomic E-state index is 13.0. The van der Waals surface area contributed by atoms with Gasteiger partial charge in [0.25, 0.3) is 11.8 Å². The van der Waals surface area contributed by atoms with Crippen molar-refractivity contribution in [2.75, 3.05) is 12.4 Å². The van der Waals surface area contributed by atoms with Gasteiger partial charge in [0, 0.05) is 22.4 Å². The molecule has 7 heteroatoms. The number of ether oxygens (including phenoxy) is 1. The second kappa shape index (κ2) is 9.27. The number of hydrogen-bond acceptors (Lipinski definition) is 4. The van der Waals surface area contributed by atoms with Crippen molar-refractivity contribution in [1.29, 1.82) is 0 Å². The van der Waals surface area contributed by atoms with Crippen LogP contribution >= 0.6 is 0 Å². The lowest BCUT2D eigenvalue weighted by Crippen LogP contribution is -2.18. The summed E-state index contributed by atoms with van der Waals surface area (Å²) in [4.78, 5) is 24.6. The normalized spacial score (nSPS) is 10.6. The fourth-order valence-corrected chi connectivity index (χ4v) is 2.54. The third-order valence-corrected chi connectivity index (χ3v) is 4.00. The van der Waals surface area contributed by atoms with Gasteiger partial charge in [-0.05, 0) is 54.6 Å². The Bertz CT molecular complexity index is 1050. The standard InChI is InChI=1S/C22H18FN3O3/c1-29-20-8-3-2-5-17(20)14-24-26-22(28)16-6-4-7-19(13-16)25-21(27)15-9-11-18(23)12-10-15/h2-14H,1H3,(H,25,27)(H,26,28). The molecule has 0 aliphatic rings. The van der Waals surface area contributed by atoms with Gasteiger partial charge in [-0.3, -0.25) is 9.59 Å². The molecule has 0 atom stereocenters. The summed E-state index contributed by atoms with van der Waals surface area (Å²) in [6, 6.07) is 18.8. The van der Waals surface area contributed by atoms with Crippen molar-refractivity contribution in [3.8, 4) is 5.75 Å². The highest BCUT2D eigenvalue weighted by molar-refractivity contribution is 6.05. The van der Waals surface area contributed by atoms with E-state index in [1.165, 1.54) is 36.5 Å². The molecule has 3 rings (SSSR count). The number of hydrazone groups is 1. The molecule has 6 nitrogen and oxygen atoms in total. The van der Waals surface area contributed by atoms with Crippen LogP contribution in [0.4, 0.5) is 10.1 Å². The van der Waals surface area contributed by atoms with Crippen LogP contribution in [0.5, 0.6) is 5.75 Å². The van der Waals surface area contributed by atoms with Gasteiger partial charge in [-0.25, -0.2) is 9.82 Å². The van der Waals surface area contributed by atoms with Crippen LogP contribution in [0.2, 0.25) is 0 Å². The molecule has 0 aliphatic carbocycles. The molecule has 0 aliphatic heterocycles. The number of para-hydroxylation sites is 1. The first-order valence-corrected chi connectivity index (χ1v) is 8.70. The van der Waals surface area contributed by atoms with Gasteiger partial charge in [-0.1, -0.05) is 18.2 Å². The Hall–Kier alpha value is -4.00. The summed E-state index contributed by atoms with van der Waals surface area (Å²) >= 11 is 0. The van der Waals surface area contributed by atoms with Gasteiger partial charge >= 0.3 is 0 Å². The fraction of sp³-hybridized carbons (Fsp3) is 0.0455. The minimum absolute atomic E-state index is 0.308. The summed E-state index contributed by atoms with van der Waals surface area (Å²) < 4.78 is 18.2. The number of hydrogen-bond donors (Lipinski definition) is 2. The minimum atomic E-state index is -0.436. The third-order valence-electron chi connectivity index (χ3n) is 4.00. The van der Waals surface area contributed by atoms with Gasteiger partial charge in [-0.15, -0.1) is 0 Å². The molecule has 0 aromatic heterocycles. The van der Waals surface area contributed by atoms with Gasteiger partial charge < -0.3 is 10.1 Å². The first-order valence-electron chi connectivity index (χ1n) is 8.70. The highest BCUT2D eigenvalue weighted by Gasteiger charge is 2.09. The number of amides is 2. The molecule has 0 radical (unpaired) electrons. The average Bonchev–Trinajstić information content (AvgIpc) is 2.74. The summed E-state index contributed by atoms with van der Waals surface area (Å²) in [6.45, 7) is 0. The Morgan fingerprint density at radius 3 is 2.45 bits per heavy atom. The zero-order valence-corrected chi connectivity index (χ0v) is 15.6. The number of halogens is 1. The topological polar surface area (TPSA) is 79.8 Å². The number of nitrogens with zero attached hydrogens (tertiary/aromatic N) is 1. The summed E-state index contributed by atoms with van der Waals surface area (Å²) in [5.41, 5.74) is 4.21. The second-order valence-electron chi connectivity index (χ2n) is 5.98. The van der Waals surface area contributed by atoms with Crippen molar-refractivity contribution in [3.05, 3.63) is 95.3 Å². The van der Waals surface area contributed by atoms with E-state index in [0.29, 0.717) is 22.6 Å². The predicted octanol–water partition coefficient (Wildman–Crippen LogP) is 3.85. The first kappa shape index (κ1) is 19.8. The molecule has 0 heterocycles. The number of carbonyl (C=O) groups is 2. The van der Waals surface area contributed by atoms with Gasteiger partial charge in [0.05, 0.1) is 13.3 Å². The molecule has 0 saturated heterocycles. The predicted molar refractivity (Wildman–Crippen MR) is 109 cm³/mol. The van der Waals surface area contributed by atoms with E-state index in [9.17, 15) is 14.0 Å². The molecule has 0 spiro atoms. The van der Waals surface area contributed by atoms with Crippen molar-refractivity contribution in [1.82, 2.24) is 5.43 Å². The van der Waals surface area contributed by atoms with Crippen LogP contribution in [-0.2, 0) is 0 Å². The SMILES string of the molecule is COc1ccccc1C=NNC(=O)c1cccc(NC(=O)c2ccc(F)cc2)c1. The number of benzene rings is 3. The van der Waals surface area contributed by atoms with E-state index >= 15 is 0 Å². The number of carbonyl (C=O) groups excluding carboxylic acids is 2. The molecule has 2 N–H and O–H groups in total. The highest BCUT2D eigenvalue weighted by Crippen LogP contribution is 2.15. The van der Waals surface area contributed by atoms with E-state index in [0.717, 1.165) is 5.56 Å². The van der Waals surface area contributed by atoms with Gasteiger partial charge in [0.15, 0.2) is 0 Å². The smallest absolute Gasteiger partial charge is 0.271 e. The fourth-order valence-electron chi connectivity index (χ4n) is 2.54. The molecule has 146 valence electrons. The molecule has 2 amide bonds. The van der Waals surface area contributed by atoms with E-state index in [1.807, 2.05) is 12.1 Å². The van der Waals surface area contributed by atoms with E-state index < -0.39 is 17.6 Å². The van der Waals surface area contributed by atoms with Gasteiger partial charge in [-0.2, -0.15) is 5.10 Å². The zero-order valence-electron chi connectivity index (χ0n) is 15.6. The molecule has 3 aromatic rings. The van der Waals surface area contributed by atoms with Gasteiger partial charge in [0.1, 0.15) is 11.6 Å². The van der Waals surface area contributed by atoms with Crippen molar-refractivity contribution in [2.45, 2.75) is 0 Å². The summed E-state index contributed by atoms with van der Waals surface area (Å²) in [6.07, 6.45) is 1.48. The third kappa shape index (κ3) is 5.26. The maximum Gasteiger partial charge on any atom is 0.271 e.